The van der Waals surface area contributed by atoms with Gasteiger partial charge in [-0.25, -0.2) is 14.3 Å². The Morgan fingerprint density at radius 2 is 2.00 bits per heavy atom. The van der Waals surface area contributed by atoms with E-state index in [1.807, 2.05) is 35.1 Å². The van der Waals surface area contributed by atoms with Crippen LogP contribution in [-0.4, -0.2) is 74.4 Å². The van der Waals surface area contributed by atoms with Crippen molar-refractivity contribution in [2.24, 2.45) is 5.92 Å². The summed E-state index contributed by atoms with van der Waals surface area (Å²) < 4.78 is 1.82. The normalized spacial score (nSPS) is 26.4. The number of aromatic carboxylic acids is 1. The average Bonchev–Trinajstić information content (AvgIpc) is 3.41. The molecule has 4 heterocycles. The van der Waals surface area contributed by atoms with Crippen molar-refractivity contribution in [1.82, 2.24) is 35.5 Å². The van der Waals surface area contributed by atoms with Crippen molar-refractivity contribution >= 4 is 12.0 Å². The second-order valence-corrected chi connectivity index (χ2v) is 11.8. The van der Waals surface area contributed by atoms with Gasteiger partial charge in [-0.05, 0) is 62.6 Å². The minimum Gasteiger partial charge on any atom is -0.478 e. The summed E-state index contributed by atoms with van der Waals surface area (Å²) in [5.74, 6) is -0.411. The van der Waals surface area contributed by atoms with Crippen molar-refractivity contribution in [3.63, 3.8) is 0 Å². The molecular formula is C30H41N7O3. The fraction of sp³-hybridized carbons (Fsp3) is 0.567. The van der Waals surface area contributed by atoms with Gasteiger partial charge in [-0.3, -0.25) is 5.01 Å². The predicted octanol–water partition coefficient (Wildman–Crippen LogP) is 4.42. The zero-order valence-corrected chi connectivity index (χ0v) is 23.6. The van der Waals surface area contributed by atoms with Crippen molar-refractivity contribution in [2.75, 3.05) is 26.7 Å². The lowest BCUT2D eigenvalue weighted by Gasteiger charge is -2.41. The summed E-state index contributed by atoms with van der Waals surface area (Å²) in [7, 11) is 1.92. The minimum absolute atomic E-state index is 0.0766. The summed E-state index contributed by atoms with van der Waals surface area (Å²) >= 11 is 0. The summed E-state index contributed by atoms with van der Waals surface area (Å²) in [5.41, 5.74) is 10.4. The number of benzene rings is 1. The van der Waals surface area contributed by atoms with Gasteiger partial charge in [0.05, 0.1) is 17.6 Å². The van der Waals surface area contributed by atoms with Crippen molar-refractivity contribution in [2.45, 2.75) is 76.2 Å². The first-order valence-electron chi connectivity index (χ1n) is 14.9. The number of nitrogens with one attached hydrogen (secondary N) is 2. The molecule has 0 bridgehead atoms. The fourth-order valence-corrected chi connectivity index (χ4v) is 6.94. The quantitative estimate of drug-likeness (QED) is 0.471. The number of carboxylic acids is 1. The van der Waals surface area contributed by atoms with Crippen LogP contribution in [0.1, 0.15) is 91.7 Å². The molecule has 2 saturated heterocycles. The van der Waals surface area contributed by atoms with Crippen LogP contribution in [-0.2, 0) is 0 Å². The standard InChI is InChI=1S/C30H41N7O3/c1-3-8-22-11-4-5-14-36(22)30(40)35-13-7-10-21(18-35)20-9-6-12-23(15-20)37-28(26(17-31-37)29(38)39)25-16-24(25)27-19-34(2)33-32-27/h6,9,12,15,17,19,21-22,24-25,32-33H,3-5,7-8,10-11,13-14,16,18H2,1-2H3,(H,38,39)/t21?,22-,24-,25-/m1/s1. The zero-order chi connectivity index (χ0) is 27.8. The summed E-state index contributed by atoms with van der Waals surface area (Å²) in [6.07, 6.45) is 12.0. The van der Waals surface area contributed by atoms with Crippen LogP contribution >= 0.6 is 0 Å². The molecule has 10 nitrogen and oxygen atoms in total. The van der Waals surface area contributed by atoms with Crippen LogP contribution in [0.5, 0.6) is 0 Å². The van der Waals surface area contributed by atoms with E-state index in [0.717, 1.165) is 81.7 Å². The first-order valence-corrected chi connectivity index (χ1v) is 14.9. The van der Waals surface area contributed by atoms with Crippen LogP contribution in [0.4, 0.5) is 4.79 Å². The molecular weight excluding hydrogens is 506 g/mol. The van der Waals surface area contributed by atoms with Crippen LogP contribution in [0.2, 0.25) is 0 Å². The third-order valence-corrected chi connectivity index (χ3v) is 9.06. The Balaban J connectivity index is 1.22. The molecule has 40 heavy (non-hydrogen) atoms. The molecule has 6 rings (SSSR count). The molecule has 0 spiro atoms. The highest BCUT2D eigenvalue weighted by molar-refractivity contribution is 5.89. The van der Waals surface area contributed by atoms with Gasteiger partial charge >= 0.3 is 12.0 Å². The molecule has 10 heteroatoms. The maximum Gasteiger partial charge on any atom is 0.339 e. The number of hydrogen-bond acceptors (Lipinski definition) is 6. The summed E-state index contributed by atoms with van der Waals surface area (Å²) in [6.45, 7) is 4.60. The van der Waals surface area contributed by atoms with E-state index in [1.165, 1.54) is 18.2 Å². The Bertz CT molecular complexity index is 1290. The number of allylic oxidation sites excluding steroid dienone is 1. The Hall–Kier alpha value is -3.53. The van der Waals surface area contributed by atoms with Gasteiger partial charge in [-0.1, -0.05) is 25.5 Å². The largest absolute Gasteiger partial charge is 0.478 e. The second kappa shape index (κ2) is 11.2. The third-order valence-electron chi connectivity index (χ3n) is 9.06. The van der Waals surface area contributed by atoms with E-state index < -0.39 is 5.97 Å². The lowest BCUT2D eigenvalue weighted by Crippen LogP contribution is -2.52. The molecule has 4 atom stereocenters. The lowest BCUT2D eigenvalue weighted by atomic mass is 9.90. The maximum atomic E-state index is 13.6. The molecule has 3 aliphatic heterocycles. The summed E-state index contributed by atoms with van der Waals surface area (Å²) in [5, 5.41) is 16.4. The van der Waals surface area contributed by atoms with Crippen molar-refractivity contribution < 1.29 is 14.7 Å². The topological polar surface area (TPSA) is 106 Å². The molecule has 1 aromatic carbocycles. The number of urea groups is 1. The monoisotopic (exact) mass is 547 g/mol. The van der Waals surface area contributed by atoms with Crippen molar-refractivity contribution in [3.8, 4) is 5.69 Å². The van der Waals surface area contributed by atoms with Gasteiger partial charge in [-0.15, -0.1) is 5.53 Å². The van der Waals surface area contributed by atoms with E-state index in [-0.39, 0.29) is 29.3 Å². The molecule has 1 saturated carbocycles. The maximum absolute atomic E-state index is 13.6. The van der Waals surface area contributed by atoms with Crippen LogP contribution in [0.3, 0.4) is 0 Å². The number of likely N-dealkylation sites (tertiary alicyclic amines) is 2. The highest BCUT2D eigenvalue weighted by Gasteiger charge is 2.46. The van der Waals surface area contributed by atoms with Gasteiger partial charge in [0.1, 0.15) is 5.56 Å². The number of amides is 2. The van der Waals surface area contributed by atoms with Crippen molar-refractivity contribution in [1.29, 1.82) is 0 Å². The second-order valence-electron chi connectivity index (χ2n) is 11.8. The molecule has 1 unspecified atom stereocenters. The zero-order valence-electron chi connectivity index (χ0n) is 23.6. The first-order chi connectivity index (χ1) is 19.4. The molecule has 1 aromatic heterocycles. The number of carbonyl (C=O) groups excluding carboxylic acids is 1. The Kier molecular flexibility index (Phi) is 7.44. The van der Waals surface area contributed by atoms with Gasteiger partial charge in [0.15, 0.2) is 0 Å². The van der Waals surface area contributed by atoms with Gasteiger partial charge in [0, 0.05) is 62.4 Å². The molecule has 1 aliphatic carbocycles. The average molecular weight is 548 g/mol. The van der Waals surface area contributed by atoms with Gasteiger partial charge < -0.3 is 20.3 Å². The van der Waals surface area contributed by atoms with E-state index in [2.05, 4.69) is 44.9 Å². The molecule has 214 valence electrons. The highest BCUT2D eigenvalue weighted by atomic mass is 16.4. The van der Waals surface area contributed by atoms with Crippen LogP contribution in [0, 0.1) is 5.92 Å². The van der Waals surface area contributed by atoms with E-state index in [1.54, 1.807) is 0 Å². The molecule has 4 aliphatic rings. The highest BCUT2D eigenvalue weighted by Crippen LogP contribution is 2.52. The third kappa shape index (κ3) is 5.16. The van der Waals surface area contributed by atoms with E-state index in [0.29, 0.717) is 6.04 Å². The summed E-state index contributed by atoms with van der Waals surface area (Å²) in [4.78, 5) is 30.0. The summed E-state index contributed by atoms with van der Waals surface area (Å²) in [6, 6.07) is 8.88. The SMILES string of the molecule is CCC[C@@H]1CCCCN1C(=O)N1CCCC(c2cccc(-n3ncc(C(=O)O)c3[C@@H]3C[C@H]3C3=CN(C)NN3)c2)C1. The smallest absolute Gasteiger partial charge is 0.339 e. The van der Waals surface area contributed by atoms with Crippen LogP contribution < -0.4 is 11.0 Å². The number of carbonyl (C=O) groups is 2. The van der Waals surface area contributed by atoms with Gasteiger partial charge in [0.2, 0.25) is 0 Å². The first kappa shape index (κ1) is 26.7. The Morgan fingerprint density at radius 1 is 1.12 bits per heavy atom. The van der Waals surface area contributed by atoms with Crippen molar-refractivity contribution in [3.05, 3.63) is 59.2 Å². The molecule has 3 N–H and O–H groups in total. The number of aromatic nitrogens is 2. The molecule has 0 radical (unpaired) electrons. The Labute approximate surface area is 235 Å². The van der Waals surface area contributed by atoms with Gasteiger partial charge in [-0.2, -0.15) is 5.10 Å². The van der Waals surface area contributed by atoms with E-state index in [9.17, 15) is 14.7 Å². The van der Waals surface area contributed by atoms with E-state index in [4.69, 9.17) is 0 Å². The number of carboxylic acid groups (broad SMARTS) is 1. The minimum atomic E-state index is -0.952. The number of piperidine rings is 2. The molecule has 2 amide bonds. The van der Waals surface area contributed by atoms with Gasteiger partial charge in [0.25, 0.3) is 0 Å². The fourth-order valence-electron chi connectivity index (χ4n) is 6.94. The molecule has 3 fully saturated rings. The molecule has 2 aromatic rings. The Morgan fingerprint density at radius 3 is 2.77 bits per heavy atom. The van der Waals surface area contributed by atoms with E-state index >= 15 is 0 Å². The van der Waals surface area contributed by atoms with Crippen LogP contribution in [0.15, 0.2) is 42.4 Å². The predicted molar refractivity (Wildman–Crippen MR) is 152 cm³/mol. The number of rotatable bonds is 7. The lowest BCUT2D eigenvalue weighted by molar-refractivity contribution is 0.0695. The number of nitrogens with zero attached hydrogens (tertiary/aromatic N) is 5. The number of hydrogen-bond donors (Lipinski definition) is 3. The van der Waals surface area contributed by atoms with Crippen LogP contribution in [0.25, 0.3) is 5.69 Å². The number of hydrazine groups is 2.